The van der Waals surface area contributed by atoms with Gasteiger partial charge in [-0.1, -0.05) is 6.07 Å². The smallest absolute Gasteiger partial charge is 0.422 e. The average Bonchev–Trinajstić information content (AvgIpc) is 2.65. The third-order valence-corrected chi connectivity index (χ3v) is 3.76. The zero-order chi connectivity index (χ0) is 22.3. The van der Waals surface area contributed by atoms with E-state index in [0.717, 1.165) is 0 Å². The van der Waals surface area contributed by atoms with Gasteiger partial charge in [0.05, 0.1) is 25.0 Å². The molecule has 3 N–H and O–H groups in total. The van der Waals surface area contributed by atoms with Gasteiger partial charge in [-0.15, -0.1) is 0 Å². The first-order valence-corrected chi connectivity index (χ1v) is 8.87. The lowest BCUT2D eigenvalue weighted by atomic mass is 10.2. The molecule has 0 saturated carbocycles. The molecule has 0 aliphatic rings. The van der Waals surface area contributed by atoms with Gasteiger partial charge in [0, 0.05) is 12.6 Å². The van der Waals surface area contributed by atoms with Crippen molar-refractivity contribution in [1.82, 2.24) is 0 Å². The number of hydrogen-bond acceptors (Lipinski definition) is 5. The van der Waals surface area contributed by atoms with E-state index in [4.69, 9.17) is 9.47 Å². The van der Waals surface area contributed by atoms with Crippen molar-refractivity contribution >= 4 is 28.9 Å². The summed E-state index contributed by atoms with van der Waals surface area (Å²) in [7, 11) is 1.43. The second-order valence-corrected chi connectivity index (χ2v) is 6.40. The third-order valence-electron chi connectivity index (χ3n) is 3.76. The largest absolute Gasteiger partial charge is 0.495 e. The predicted octanol–water partition coefficient (Wildman–Crippen LogP) is 3.95. The molecule has 0 fully saturated rings. The van der Waals surface area contributed by atoms with Crippen LogP contribution in [0.5, 0.6) is 11.5 Å². The highest BCUT2D eigenvalue weighted by Crippen LogP contribution is 2.29. The number of carbonyl (C=O) groups excluding carboxylic acids is 2. The molecular formula is C20H22F3N3O4. The van der Waals surface area contributed by atoms with E-state index in [9.17, 15) is 22.8 Å². The second kappa shape index (κ2) is 9.86. The SMILES string of the molecule is COc1ccc(NC(C)=O)cc1NC(=O)CNc1ccc(C)cc1OCC(F)(F)F. The van der Waals surface area contributed by atoms with Gasteiger partial charge in [-0.05, 0) is 42.8 Å². The van der Waals surface area contributed by atoms with Crippen molar-refractivity contribution in [2.45, 2.75) is 20.0 Å². The van der Waals surface area contributed by atoms with Crippen molar-refractivity contribution in [3.8, 4) is 11.5 Å². The van der Waals surface area contributed by atoms with Crippen LogP contribution in [-0.2, 0) is 9.59 Å². The van der Waals surface area contributed by atoms with Crippen molar-refractivity contribution in [3.05, 3.63) is 42.0 Å². The lowest BCUT2D eigenvalue weighted by Gasteiger charge is -2.16. The van der Waals surface area contributed by atoms with Crippen LogP contribution >= 0.6 is 0 Å². The van der Waals surface area contributed by atoms with Crippen LogP contribution in [0.25, 0.3) is 0 Å². The molecule has 30 heavy (non-hydrogen) atoms. The van der Waals surface area contributed by atoms with Crippen molar-refractivity contribution in [2.75, 3.05) is 36.2 Å². The number of alkyl halides is 3. The Hall–Kier alpha value is -3.43. The highest BCUT2D eigenvalue weighted by molar-refractivity contribution is 5.97. The summed E-state index contributed by atoms with van der Waals surface area (Å²) in [5.41, 5.74) is 1.75. The Morgan fingerprint density at radius 1 is 1.00 bits per heavy atom. The molecule has 2 aromatic rings. The van der Waals surface area contributed by atoms with E-state index < -0.39 is 18.7 Å². The van der Waals surface area contributed by atoms with Gasteiger partial charge >= 0.3 is 6.18 Å². The number of ether oxygens (including phenoxy) is 2. The summed E-state index contributed by atoms with van der Waals surface area (Å²) in [4.78, 5) is 23.6. The molecule has 0 unspecified atom stereocenters. The van der Waals surface area contributed by atoms with E-state index in [1.54, 1.807) is 25.1 Å². The Bertz CT molecular complexity index is 917. The zero-order valence-corrected chi connectivity index (χ0v) is 16.6. The van der Waals surface area contributed by atoms with Gasteiger partial charge < -0.3 is 25.4 Å². The van der Waals surface area contributed by atoms with Crippen LogP contribution in [0, 0.1) is 6.92 Å². The number of nitrogens with one attached hydrogen (secondary N) is 3. The first-order valence-electron chi connectivity index (χ1n) is 8.87. The van der Waals surface area contributed by atoms with Crippen LogP contribution in [0.1, 0.15) is 12.5 Å². The highest BCUT2D eigenvalue weighted by atomic mass is 19.4. The summed E-state index contributed by atoms with van der Waals surface area (Å²) in [5, 5.41) is 8.00. The maximum atomic E-state index is 12.5. The van der Waals surface area contributed by atoms with E-state index in [-0.39, 0.29) is 23.9 Å². The Labute approximate surface area is 171 Å². The van der Waals surface area contributed by atoms with Gasteiger partial charge in [0.15, 0.2) is 6.61 Å². The predicted molar refractivity (Wildman–Crippen MR) is 107 cm³/mol. The minimum absolute atomic E-state index is 0.00892. The number of rotatable bonds is 8. The molecule has 7 nitrogen and oxygen atoms in total. The maximum Gasteiger partial charge on any atom is 0.422 e. The fourth-order valence-electron chi connectivity index (χ4n) is 2.51. The summed E-state index contributed by atoms with van der Waals surface area (Å²) in [5.74, 6) is -0.382. The Balaban J connectivity index is 2.07. The molecule has 0 atom stereocenters. The fraction of sp³-hybridized carbons (Fsp3) is 0.300. The van der Waals surface area contributed by atoms with Gasteiger partial charge in [-0.3, -0.25) is 9.59 Å². The number of methoxy groups -OCH3 is 1. The standard InChI is InChI=1S/C20H22F3N3O4/c1-12-4-6-15(18(8-12)30-11-20(21,22)23)24-10-19(28)26-16-9-14(25-13(2)27)5-7-17(16)29-3/h4-9,24H,10-11H2,1-3H3,(H,25,27)(H,26,28). The third kappa shape index (κ3) is 7.19. The normalized spacial score (nSPS) is 10.9. The maximum absolute atomic E-state index is 12.5. The minimum Gasteiger partial charge on any atom is -0.495 e. The van der Waals surface area contributed by atoms with Gasteiger partial charge in [-0.25, -0.2) is 0 Å². The first-order chi connectivity index (χ1) is 14.1. The highest BCUT2D eigenvalue weighted by Gasteiger charge is 2.29. The van der Waals surface area contributed by atoms with E-state index >= 15 is 0 Å². The Kier molecular flexibility index (Phi) is 7.51. The number of aryl methyl sites for hydroxylation is 1. The summed E-state index contributed by atoms with van der Waals surface area (Å²) in [6.45, 7) is 1.39. The Morgan fingerprint density at radius 3 is 2.37 bits per heavy atom. The molecule has 0 radical (unpaired) electrons. The van der Waals surface area contributed by atoms with Crippen LogP contribution < -0.4 is 25.4 Å². The molecule has 10 heteroatoms. The lowest BCUT2D eigenvalue weighted by Crippen LogP contribution is -2.23. The summed E-state index contributed by atoms with van der Waals surface area (Å²) < 4.78 is 47.4. The van der Waals surface area contributed by atoms with Crippen molar-refractivity contribution in [3.63, 3.8) is 0 Å². The Morgan fingerprint density at radius 2 is 1.73 bits per heavy atom. The van der Waals surface area contributed by atoms with Crippen LogP contribution in [0.3, 0.4) is 0 Å². The summed E-state index contributed by atoms with van der Waals surface area (Å²) in [6, 6.07) is 9.39. The van der Waals surface area contributed by atoms with Crippen molar-refractivity contribution < 1.29 is 32.2 Å². The van der Waals surface area contributed by atoms with Crippen molar-refractivity contribution in [2.24, 2.45) is 0 Å². The summed E-state index contributed by atoms with van der Waals surface area (Å²) in [6.07, 6.45) is -4.48. The number of halogens is 3. The van der Waals surface area contributed by atoms with E-state index in [0.29, 0.717) is 22.7 Å². The minimum atomic E-state index is -4.48. The van der Waals surface area contributed by atoms with Crippen LogP contribution in [0.15, 0.2) is 36.4 Å². The molecule has 0 aliphatic carbocycles. The number of amides is 2. The number of benzene rings is 2. The zero-order valence-electron chi connectivity index (χ0n) is 16.6. The molecule has 162 valence electrons. The van der Waals surface area contributed by atoms with E-state index in [1.165, 1.54) is 32.2 Å². The average molecular weight is 425 g/mol. The quantitative estimate of drug-likeness (QED) is 0.596. The number of anilines is 3. The molecule has 0 aromatic heterocycles. The monoisotopic (exact) mass is 425 g/mol. The van der Waals surface area contributed by atoms with Crippen molar-refractivity contribution in [1.29, 1.82) is 0 Å². The topological polar surface area (TPSA) is 88.7 Å². The van der Waals surface area contributed by atoms with Gasteiger partial charge in [0.2, 0.25) is 11.8 Å². The number of hydrogen-bond donors (Lipinski definition) is 3. The molecule has 0 heterocycles. The molecule has 2 rings (SSSR count). The molecule has 0 bridgehead atoms. The molecular weight excluding hydrogens is 403 g/mol. The van der Waals surface area contributed by atoms with E-state index in [2.05, 4.69) is 16.0 Å². The first kappa shape index (κ1) is 22.9. The number of carbonyl (C=O) groups is 2. The fourth-order valence-corrected chi connectivity index (χ4v) is 2.51. The molecule has 0 spiro atoms. The summed E-state index contributed by atoms with van der Waals surface area (Å²) >= 11 is 0. The molecule has 2 amide bonds. The molecule has 0 saturated heterocycles. The van der Waals surface area contributed by atoms with E-state index in [1.807, 2.05) is 0 Å². The van der Waals surface area contributed by atoms with Crippen LogP contribution in [0.2, 0.25) is 0 Å². The second-order valence-electron chi connectivity index (χ2n) is 6.40. The van der Waals surface area contributed by atoms with Gasteiger partial charge in [-0.2, -0.15) is 13.2 Å². The van der Waals surface area contributed by atoms with Crippen LogP contribution in [-0.4, -0.2) is 38.3 Å². The molecule has 2 aromatic carbocycles. The lowest BCUT2D eigenvalue weighted by molar-refractivity contribution is -0.153. The van der Waals surface area contributed by atoms with Crippen LogP contribution in [0.4, 0.5) is 30.2 Å². The van der Waals surface area contributed by atoms with Gasteiger partial charge in [0.1, 0.15) is 11.5 Å². The van der Waals surface area contributed by atoms with Gasteiger partial charge in [0.25, 0.3) is 0 Å². The molecule has 0 aliphatic heterocycles.